The summed E-state index contributed by atoms with van der Waals surface area (Å²) in [6, 6.07) is 6.13. The summed E-state index contributed by atoms with van der Waals surface area (Å²) in [4.78, 5) is 20.1. The molecule has 1 N–H and O–H groups in total. The highest BCUT2D eigenvalue weighted by Gasteiger charge is 2.71. The van der Waals surface area contributed by atoms with Gasteiger partial charge >= 0.3 is 12.4 Å². The van der Waals surface area contributed by atoms with Crippen LogP contribution in [0.4, 0.5) is 30.7 Å². The lowest BCUT2D eigenvalue weighted by Crippen LogP contribution is -2.54. The lowest BCUT2D eigenvalue weighted by atomic mass is 9.68. The third kappa shape index (κ3) is 5.09. The van der Waals surface area contributed by atoms with Crippen molar-refractivity contribution in [1.82, 2.24) is 9.97 Å². The van der Waals surface area contributed by atoms with Crippen LogP contribution in [0.2, 0.25) is 0 Å². The van der Waals surface area contributed by atoms with Crippen LogP contribution in [0.3, 0.4) is 0 Å². The maximum atomic E-state index is 13.7. The second-order valence-corrected chi connectivity index (χ2v) is 11.9. The number of ketones is 1. The van der Waals surface area contributed by atoms with Crippen molar-refractivity contribution in [2.24, 2.45) is 5.92 Å². The van der Waals surface area contributed by atoms with Gasteiger partial charge in [0, 0.05) is 30.6 Å². The van der Waals surface area contributed by atoms with Crippen LogP contribution >= 0.6 is 0 Å². The largest absolute Gasteiger partial charge is 0.430 e. The Morgan fingerprint density at radius 1 is 0.925 bits per heavy atom. The van der Waals surface area contributed by atoms with Crippen LogP contribution in [0.5, 0.6) is 0 Å². The van der Waals surface area contributed by atoms with E-state index in [0.717, 1.165) is 36.4 Å². The second kappa shape index (κ2) is 10.2. The minimum absolute atomic E-state index is 0.0583. The molecule has 40 heavy (non-hydrogen) atoms. The standard InChI is InChI=1S/C26H21F7N2O4S/c27-19-5-7-22(8-6-19)40(38,39)23(13-16(14-23)11-21(36)12-20-15-34-9-10-35-20)17-1-3-18(4-2-17)24(37,25(28,29)30)26(31,32)33/h1-10,15-16,37H,11-14H2. The summed E-state index contributed by atoms with van der Waals surface area (Å²) in [5.41, 5.74) is -6.46. The van der Waals surface area contributed by atoms with Crippen molar-refractivity contribution in [2.45, 2.75) is 53.3 Å². The SMILES string of the molecule is O=C(Cc1cnccn1)CC1CC(c2ccc(C(O)(C(F)(F)F)C(F)(F)F)cc2)(S(=O)(=O)c2ccc(F)cc2)C1. The third-order valence-corrected chi connectivity index (χ3v) is 9.53. The van der Waals surface area contributed by atoms with E-state index in [1.807, 2.05) is 0 Å². The summed E-state index contributed by atoms with van der Waals surface area (Å²) in [7, 11) is -4.37. The zero-order valence-electron chi connectivity index (χ0n) is 20.4. The van der Waals surface area contributed by atoms with E-state index in [4.69, 9.17) is 0 Å². The van der Waals surface area contributed by atoms with Gasteiger partial charge in [-0.25, -0.2) is 12.8 Å². The van der Waals surface area contributed by atoms with Gasteiger partial charge in [-0.15, -0.1) is 0 Å². The molecule has 4 rings (SSSR count). The molecule has 1 heterocycles. The molecular formula is C26H21F7N2O4S. The number of carbonyl (C=O) groups is 1. The Morgan fingerprint density at radius 2 is 1.50 bits per heavy atom. The Hall–Kier alpha value is -3.39. The molecule has 6 nitrogen and oxygen atoms in total. The van der Waals surface area contributed by atoms with Crippen molar-refractivity contribution in [3.63, 3.8) is 0 Å². The zero-order chi connectivity index (χ0) is 29.6. The van der Waals surface area contributed by atoms with Gasteiger partial charge in [0.15, 0.2) is 9.84 Å². The minimum Gasteiger partial charge on any atom is -0.369 e. The van der Waals surface area contributed by atoms with Gasteiger partial charge in [0.2, 0.25) is 0 Å². The van der Waals surface area contributed by atoms with Crippen molar-refractivity contribution in [3.05, 3.63) is 89.8 Å². The van der Waals surface area contributed by atoms with Crippen LogP contribution in [0, 0.1) is 11.7 Å². The fourth-order valence-corrected chi connectivity index (χ4v) is 7.29. The average molecular weight is 591 g/mol. The van der Waals surface area contributed by atoms with Crippen molar-refractivity contribution >= 4 is 15.6 Å². The number of carbonyl (C=O) groups excluding carboxylic acids is 1. The Bertz CT molecular complexity index is 1450. The number of rotatable bonds is 8. The first-order valence-corrected chi connectivity index (χ1v) is 13.2. The second-order valence-electron chi connectivity index (χ2n) is 9.63. The van der Waals surface area contributed by atoms with Crippen LogP contribution in [-0.2, 0) is 31.4 Å². The van der Waals surface area contributed by atoms with Gasteiger partial charge in [-0.3, -0.25) is 14.8 Å². The molecule has 1 aliphatic rings. The molecular weight excluding hydrogens is 569 g/mol. The molecule has 1 fully saturated rings. The zero-order valence-corrected chi connectivity index (χ0v) is 21.2. The minimum atomic E-state index is -6.12. The van der Waals surface area contributed by atoms with E-state index in [9.17, 15) is 49.1 Å². The lowest BCUT2D eigenvalue weighted by Gasteiger charge is -2.47. The van der Waals surface area contributed by atoms with Gasteiger partial charge in [0.05, 0.1) is 17.0 Å². The van der Waals surface area contributed by atoms with Crippen molar-refractivity contribution in [1.29, 1.82) is 0 Å². The number of Topliss-reactive ketones (excluding diaryl/α,β-unsaturated/α-hetero) is 1. The number of benzene rings is 2. The first-order valence-electron chi connectivity index (χ1n) is 11.7. The third-order valence-electron chi connectivity index (χ3n) is 7.04. The monoisotopic (exact) mass is 590 g/mol. The molecule has 0 bridgehead atoms. The Labute approximate surface area is 223 Å². The molecule has 1 aromatic heterocycles. The van der Waals surface area contributed by atoms with E-state index in [1.54, 1.807) is 0 Å². The van der Waals surface area contributed by atoms with E-state index >= 15 is 0 Å². The summed E-state index contributed by atoms with van der Waals surface area (Å²) in [5, 5.41) is 9.70. The van der Waals surface area contributed by atoms with Crippen LogP contribution < -0.4 is 0 Å². The topological polar surface area (TPSA) is 97.2 Å². The van der Waals surface area contributed by atoms with E-state index in [2.05, 4.69) is 9.97 Å². The number of sulfone groups is 1. The molecule has 0 atom stereocenters. The maximum absolute atomic E-state index is 13.7. The molecule has 3 aromatic rings. The summed E-state index contributed by atoms with van der Waals surface area (Å²) in [6.07, 6.45) is -8.50. The first kappa shape index (κ1) is 29.6. The lowest BCUT2D eigenvalue weighted by molar-refractivity contribution is -0.376. The number of hydrogen-bond acceptors (Lipinski definition) is 6. The Kier molecular flexibility index (Phi) is 7.56. The molecule has 2 aromatic carbocycles. The number of nitrogens with zero attached hydrogens (tertiary/aromatic N) is 2. The fraction of sp³-hybridized carbons (Fsp3) is 0.346. The predicted molar refractivity (Wildman–Crippen MR) is 126 cm³/mol. The number of aromatic nitrogens is 2. The van der Waals surface area contributed by atoms with Gasteiger partial charge in [-0.2, -0.15) is 26.3 Å². The van der Waals surface area contributed by atoms with Gasteiger partial charge in [-0.05, 0) is 48.6 Å². The number of halogens is 7. The first-order chi connectivity index (χ1) is 18.5. The Balaban J connectivity index is 1.68. The molecule has 1 saturated carbocycles. The highest BCUT2D eigenvalue weighted by molar-refractivity contribution is 7.92. The number of alkyl halides is 6. The summed E-state index contributed by atoms with van der Waals surface area (Å²) >= 11 is 0. The molecule has 1 aliphatic carbocycles. The number of hydrogen-bond donors (Lipinski definition) is 1. The summed E-state index contributed by atoms with van der Waals surface area (Å²) in [6.45, 7) is 0. The summed E-state index contributed by atoms with van der Waals surface area (Å²) < 4.78 is 119. The van der Waals surface area contributed by atoms with Crippen molar-refractivity contribution < 1.29 is 49.1 Å². The smallest absolute Gasteiger partial charge is 0.369 e. The van der Waals surface area contributed by atoms with Gasteiger partial charge in [0.1, 0.15) is 16.3 Å². The fourth-order valence-electron chi connectivity index (χ4n) is 4.99. The quantitative estimate of drug-likeness (QED) is 0.286. The van der Waals surface area contributed by atoms with Gasteiger partial charge < -0.3 is 5.11 Å². The van der Waals surface area contributed by atoms with Crippen LogP contribution in [-0.4, -0.2) is 41.6 Å². The van der Waals surface area contributed by atoms with Crippen molar-refractivity contribution in [2.75, 3.05) is 0 Å². The van der Waals surface area contributed by atoms with E-state index < -0.39 is 49.8 Å². The number of aliphatic hydroxyl groups is 1. The van der Waals surface area contributed by atoms with Crippen molar-refractivity contribution in [3.8, 4) is 0 Å². The van der Waals surface area contributed by atoms with Crippen LogP contribution in [0.1, 0.15) is 36.1 Å². The Morgan fingerprint density at radius 3 is 2.00 bits per heavy atom. The highest BCUT2D eigenvalue weighted by Crippen LogP contribution is 2.56. The molecule has 0 amide bonds. The van der Waals surface area contributed by atoms with Crippen LogP contribution in [0.15, 0.2) is 72.0 Å². The molecule has 14 heteroatoms. The molecule has 214 valence electrons. The summed E-state index contributed by atoms with van der Waals surface area (Å²) in [5.74, 6) is -1.48. The predicted octanol–water partition coefficient (Wildman–Crippen LogP) is 5.21. The molecule has 0 saturated heterocycles. The highest BCUT2D eigenvalue weighted by atomic mass is 32.2. The molecule has 0 aliphatic heterocycles. The normalized spacial score (nSPS) is 20.1. The average Bonchev–Trinajstić information content (AvgIpc) is 2.85. The van der Waals surface area contributed by atoms with Gasteiger partial charge in [-0.1, -0.05) is 24.3 Å². The molecule has 0 spiro atoms. The van der Waals surface area contributed by atoms with Crippen LogP contribution in [0.25, 0.3) is 0 Å². The van der Waals surface area contributed by atoms with E-state index in [-0.39, 0.29) is 41.9 Å². The van der Waals surface area contributed by atoms with E-state index in [1.165, 1.54) is 18.6 Å². The maximum Gasteiger partial charge on any atom is 0.430 e. The molecule has 0 radical (unpaired) electrons. The van der Waals surface area contributed by atoms with E-state index in [0.29, 0.717) is 17.8 Å². The molecule has 0 unspecified atom stereocenters. The van der Waals surface area contributed by atoms with Gasteiger partial charge in [0.25, 0.3) is 5.60 Å².